The number of aromatic amines is 1. The van der Waals surface area contributed by atoms with Gasteiger partial charge in [0.05, 0.1) is 6.04 Å². The molecule has 0 radical (unpaired) electrons. The molecule has 1 unspecified atom stereocenters. The van der Waals surface area contributed by atoms with E-state index >= 15 is 4.39 Å². The number of amides is 2. The van der Waals surface area contributed by atoms with Crippen molar-refractivity contribution in [2.45, 2.75) is 13.0 Å². The molecule has 0 fully saturated rings. The van der Waals surface area contributed by atoms with Crippen LogP contribution in [0, 0.1) is 5.82 Å². The molecule has 2 heterocycles. The third-order valence-corrected chi connectivity index (χ3v) is 6.07. The van der Waals surface area contributed by atoms with Crippen molar-refractivity contribution in [3.05, 3.63) is 83.3 Å². The first-order valence-electron chi connectivity index (χ1n) is 11.3. The quantitative estimate of drug-likeness (QED) is 0.395. The summed E-state index contributed by atoms with van der Waals surface area (Å²) in [5, 5.41) is 6.20. The summed E-state index contributed by atoms with van der Waals surface area (Å²) in [5.41, 5.74) is 3.14. The lowest BCUT2D eigenvalue weighted by Crippen LogP contribution is -2.27. The van der Waals surface area contributed by atoms with E-state index in [2.05, 4.69) is 15.6 Å². The van der Waals surface area contributed by atoms with Crippen LogP contribution in [0.5, 0.6) is 11.5 Å². The largest absolute Gasteiger partial charge is 0.486 e. The van der Waals surface area contributed by atoms with Crippen LogP contribution in [0.3, 0.4) is 0 Å². The molecule has 7 nitrogen and oxygen atoms in total. The smallest absolute Gasteiger partial charge is 0.267 e. The van der Waals surface area contributed by atoms with E-state index in [1.807, 2.05) is 31.2 Å². The van der Waals surface area contributed by atoms with E-state index in [-0.39, 0.29) is 23.4 Å². The number of carbonyl (C=O) groups is 2. The van der Waals surface area contributed by atoms with Gasteiger partial charge in [0, 0.05) is 29.1 Å². The number of benzene rings is 3. The first-order chi connectivity index (χ1) is 16.9. The molecule has 3 aromatic carbocycles. The van der Waals surface area contributed by atoms with Crippen molar-refractivity contribution in [3.63, 3.8) is 0 Å². The normalized spacial score (nSPS) is 13.3. The summed E-state index contributed by atoms with van der Waals surface area (Å²) in [5.74, 6) is 0.144. The molecule has 1 aliphatic rings. The minimum Gasteiger partial charge on any atom is -0.486 e. The zero-order valence-corrected chi connectivity index (χ0v) is 19.3. The van der Waals surface area contributed by atoms with Crippen molar-refractivity contribution < 1.29 is 23.5 Å². The molecule has 178 valence electrons. The average Bonchev–Trinajstić information content (AvgIpc) is 3.32. The van der Waals surface area contributed by atoms with Gasteiger partial charge >= 0.3 is 0 Å². The first-order valence-corrected chi connectivity index (χ1v) is 11.3. The fraction of sp³-hybridized carbons (Fsp3) is 0.185. The summed E-state index contributed by atoms with van der Waals surface area (Å²) in [6.07, 6.45) is 0. The molecule has 4 aromatic rings. The van der Waals surface area contributed by atoms with Crippen LogP contribution in [-0.2, 0) is 0 Å². The van der Waals surface area contributed by atoms with Gasteiger partial charge < -0.3 is 25.1 Å². The van der Waals surface area contributed by atoms with Crippen LogP contribution in [0.25, 0.3) is 22.0 Å². The topological polar surface area (TPSA) is 92.5 Å². The zero-order valence-electron chi connectivity index (χ0n) is 19.3. The van der Waals surface area contributed by atoms with E-state index < -0.39 is 5.82 Å². The van der Waals surface area contributed by atoms with E-state index in [0.29, 0.717) is 41.5 Å². The molecule has 35 heavy (non-hydrogen) atoms. The molecule has 0 spiro atoms. The lowest BCUT2D eigenvalue weighted by Gasteiger charge is -2.21. The minimum absolute atomic E-state index is 0.211. The molecule has 0 aliphatic carbocycles. The fourth-order valence-electron chi connectivity index (χ4n) is 4.21. The Kier molecular flexibility index (Phi) is 5.86. The maximum absolute atomic E-state index is 15.2. The summed E-state index contributed by atoms with van der Waals surface area (Å²) in [6, 6.07) is 16.7. The lowest BCUT2D eigenvalue weighted by atomic mass is 9.99. The van der Waals surface area contributed by atoms with Gasteiger partial charge in [-0.15, -0.1) is 0 Å². The number of fused-ring (bicyclic) bond motifs is 2. The predicted molar refractivity (Wildman–Crippen MR) is 130 cm³/mol. The van der Waals surface area contributed by atoms with Crippen molar-refractivity contribution in [2.75, 3.05) is 20.3 Å². The highest BCUT2D eigenvalue weighted by Gasteiger charge is 2.19. The molecule has 1 aromatic heterocycles. The summed E-state index contributed by atoms with van der Waals surface area (Å²) in [4.78, 5) is 27.9. The molecule has 0 saturated carbocycles. The van der Waals surface area contributed by atoms with E-state index in [1.54, 1.807) is 37.4 Å². The van der Waals surface area contributed by atoms with Crippen LogP contribution in [0.1, 0.15) is 39.4 Å². The maximum Gasteiger partial charge on any atom is 0.267 e. The highest BCUT2D eigenvalue weighted by atomic mass is 19.1. The Labute approximate surface area is 201 Å². The van der Waals surface area contributed by atoms with Gasteiger partial charge in [-0.3, -0.25) is 9.59 Å². The summed E-state index contributed by atoms with van der Waals surface area (Å²) in [7, 11) is 1.55. The van der Waals surface area contributed by atoms with E-state index in [1.165, 1.54) is 6.07 Å². The average molecular weight is 474 g/mol. The number of hydrogen-bond acceptors (Lipinski definition) is 4. The first kappa shape index (κ1) is 22.5. The van der Waals surface area contributed by atoms with Crippen LogP contribution < -0.4 is 20.1 Å². The Morgan fingerprint density at radius 3 is 2.51 bits per heavy atom. The molecule has 5 rings (SSSR count). The van der Waals surface area contributed by atoms with Gasteiger partial charge in [-0.1, -0.05) is 24.3 Å². The van der Waals surface area contributed by atoms with E-state index in [9.17, 15) is 9.59 Å². The number of aromatic nitrogens is 1. The van der Waals surface area contributed by atoms with Crippen LogP contribution in [0.15, 0.2) is 60.7 Å². The van der Waals surface area contributed by atoms with Crippen LogP contribution in [0.2, 0.25) is 0 Å². The molecule has 3 N–H and O–H groups in total. The number of halogens is 1. The second kappa shape index (κ2) is 9.13. The molecule has 0 bridgehead atoms. The van der Waals surface area contributed by atoms with Gasteiger partial charge in [0.15, 0.2) is 11.5 Å². The van der Waals surface area contributed by atoms with Gasteiger partial charge in [-0.2, -0.15) is 0 Å². The van der Waals surface area contributed by atoms with E-state index in [0.717, 1.165) is 16.5 Å². The minimum atomic E-state index is -0.528. The standard InChI is InChI=1S/C27H24FN3O4/c1-15(16-7-9-24-25(13-16)35-11-10-34-24)30-26(32)17-6-8-19(21(28)12-17)18-4-3-5-22-20(18)14-23(31-22)27(33)29-2/h3-9,12-15,31H,10-11H2,1-2H3,(H,29,33)(H,30,32). The molecule has 1 atom stereocenters. The maximum atomic E-state index is 15.2. The highest BCUT2D eigenvalue weighted by Crippen LogP contribution is 2.33. The molecule has 8 heteroatoms. The predicted octanol–water partition coefficient (Wildman–Crippen LogP) is 4.60. The number of rotatable bonds is 5. The van der Waals surface area contributed by atoms with E-state index in [4.69, 9.17) is 9.47 Å². The summed E-state index contributed by atoms with van der Waals surface area (Å²) < 4.78 is 26.4. The van der Waals surface area contributed by atoms with Gasteiger partial charge in [0.1, 0.15) is 24.7 Å². The number of ether oxygens (including phenoxy) is 2. The Morgan fingerprint density at radius 1 is 0.943 bits per heavy atom. The Bertz CT molecular complexity index is 1450. The number of nitrogens with one attached hydrogen (secondary N) is 3. The Hall–Kier alpha value is -4.33. The highest BCUT2D eigenvalue weighted by molar-refractivity contribution is 6.03. The number of H-pyrrole nitrogens is 1. The molecular weight excluding hydrogens is 449 g/mol. The Morgan fingerprint density at radius 2 is 1.74 bits per heavy atom. The third kappa shape index (κ3) is 4.30. The van der Waals surface area contributed by atoms with Gasteiger partial charge in [0.25, 0.3) is 11.8 Å². The molecule has 0 saturated heterocycles. The fourth-order valence-corrected chi connectivity index (χ4v) is 4.21. The SMILES string of the molecule is CNC(=O)c1cc2c(-c3ccc(C(=O)NC(C)c4ccc5c(c4)OCCO5)cc3F)cccc2[nH]1. The van der Waals surface area contributed by atoms with Gasteiger partial charge in [-0.05, 0) is 54.4 Å². The van der Waals surface area contributed by atoms with Crippen molar-refractivity contribution in [3.8, 4) is 22.6 Å². The zero-order chi connectivity index (χ0) is 24.5. The van der Waals surface area contributed by atoms with Crippen LogP contribution in [0.4, 0.5) is 4.39 Å². The van der Waals surface area contributed by atoms with Crippen LogP contribution in [-0.4, -0.2) is 37.1 Å². The van der Waals surface area contributed by atoms with Gasteiger partial charge in [-0.25, -0.2) is 4.39 Å². The number of hydrogen-bond donors (Lipinski definition) is 3. The van der Waals surface area contributed by atoms with Gasteiger partial charge in [0.2, 0.25) is 0 Å². The molecule has 1 aliphatic heterocycles. The Balaban J connectivity index is 1.38. The van der Waals surface area contributed by atoms with Crippen molar-refractivity contribution in [1.29, 1.82) is 0 Å². The second-order valence-corrected chi connectivity index (χ2v) is 8.32. The summed E-state index contributed by atoms with van der Waals surface area (Å²) >= 11 is 0. The number of carbonyl (C=O) groups excluding carboxylic acids is 2. The lowest BCUT2D eigenvalue weighted by molar-refractivity contribution is 0.0936. The third-order valence-electron chi connectivity index (χ3n) is 6.07. The summed E-state index contributed by atoms with van der Waals surface area (Å²) in [6.45, 7) is 2.84. The van der Waals surface area contributed by atoms with Crippen LogP contribution >= 0.6 is 0 Å². The van der Waals surface area contributed by atoms with Crippen molar-refractivity contribution in [2.24, 2.45) is 0 Å². The van der Waals surface area contributed by atoms with Crippen molar-refractivity contribution in [1.82, 2.24) is 15.6 Å². The molecular formula is C27H24FN3O4. The molecule has 2 amide bonds. The second-order valence-electron chi connectivity index (χ2n) is 8.32. The van der Waals surface area contributed by atoms with Crippen molar-refractivity contribution >= 4 is 22.7 Å². The monoisotopic (exact) mass is 473 g/mol.